The van der Waals surface area contributed by atoms with Crippen LogP contribution >= 0.6 is 0 Å². The number of hydrogen-bond donors (Lipinski definition) is 2. The first-order chi connectivity index (χ1) is 7.58. The van der Waals surface area contributed by atoms with E-state index in [-0.39, 0.29) is 5.91 Å². The number of amides is 1. The summed E-state index contributed by atoms with van der Waals surface area (Å²) < 4.78 is 0. The van der Waals surface area contributed by atoms with Gasteiger partial charge in [0.2, 0.25) is 0 Å². The Hall–Kier alpha value is -1.61. The number of carbonyl (C=O) groups is 1. The fraction of sp³-hybridized carbons (Fsp3) is 0.308. The molecule has 0 aromatic heterocycles. The monoisotopic (exact) mass is 217 g/mol. The summed E-state index contributed by atoms with van der Waals surface area (Å²) >= 11 is 0. The zero-order valence-electron chi connectivity index (χ0n) is 9.45. The molecule has 1 amide bonds. The third kappa shape index (κ3) is 1.99. The minimum atomic E-state index is -1.01. The SMILES string of the molecule is CC(C)=CCc1ccc2c(c1)NC(=O)C2O. The molecule has 16 heavy (non-hydrogen) atoms. The molecule has 0 aliphatic carbocycles. The summed E-state index contributed by atoms with van der Waals surface area (Å²) in [4.78, 5) is 11.2. The summed E-state index contributed by atoms with van der Waals surface area (Å²) in [5.74, 6) is -0.339. The molecule has 0 radical (unpaired) electrons. The maximum atomic E-state index is 11.2. The number of nitrogens with one attached hydrogen (secondary N) is 1. The third-order valence-corrected chi connectivity index (χ3v) is 2.66. The van der Waals surface area contributed by atoms with Crippen LogP contribution in [0.25, 0.3) is 0 Å². The van der Waals surface area contributed by atoms with Crippen molar-refractivity contribution >= 4 is 11.6 Å². The largest absolute Gasteiger partial charge is 0.378 e. The molecular formula is C13H15NO2. The van der Waals surface area contributed by atoms with Crippen molar-refractivity contribution in [1.82, 2.24) is 0 Å². The minimum Gasteiger partial charge on any atom is -0.378 e. The normalized spacial score (nSPS) is 17.9. The standard InChI is InChI=1S/C13H15NO2/c1-8(2)3-4-9-5-6-10-11(7-9)14-13(16)12(10)15/h3,5-7,12,15H,4H2,1-2H3,(H,14,16). The molecule has 0 bridgehead atoms. The summed E-state index contributed by atoms with van der Waals surface area (Å²) in [6, 6.07) is 5.68. The van der Waals surface area contributed by atoms with Crippen LogP contribution in [0.2, 0.25) is 0 Å². The first kappa shape index (κ1) is 10.9. The number of benzene rings is 1. The van der Waals surface area contributed by atoms with Crippen LogP contribution in [0.4, 0.5) is 5.69 Å². The molecule has 1 unspecified atom stereocenters. The van der Waals surface area contributed by atoms with E-state index in [1.807, 2.05) is 18.2 Å². The molecule has 1 aromatic rings. The summed E-state index contributed by atoms with van der Waals surface area (Å²) in [5, 5.41) is 12.2. The van der Waals surface area contributed by atoms with E-state index in [0.717, 1.165) is 17.7 Å². The summed E-state index contributed by atoms with van der Waals surface area (Å²) in [5.41, 5.74) is 3.81. The Morgan fingerprint density at radius 3 is 2.94 bits per heavy atom. The van der Waals surface area contributed by atoms with Gasteiger partial charge in [-0.25, -0.2) is 0 Å². The number of aliphatic hydroxyl groups excluding tert-OH is 1. The van der Waals surface area contributed by atoms with E-state index in [0.29, 0.717) is 5.56 Å². The molecule has 3 heteroatoms. The number of aliphatic hydroxyl groups is 1. The Bertz CT molecular complexity index is 459. The Morgan fingerprint density at radius 2 is 2.25 bits per heavy atom. The minimum absolute atomic E-state index is 0.339. The van der Waals surface area contributed by atoms with Crippen LogP contribution in [-0.2, 0) is 11.2 Å². The van der Waals surface area contributed by atoms with Crippen LogP contribution in [0.15, 0.2) is 29.8 Å². The van der Waals surface area contributed by atoms with E-state index in [9.17, 15) is 9.90 Å². The molecule has 1 aromatic carbocycles. The lowest BCUT2D eigenvalue weighted by Crippen LogP contribution is -2.10. The van der Waals surface area contributed by atoms with Gasteiger partial charge in [0.25, 0.3) is 5.91 Å². The van der Waals surface area contributed by atoms with E-state index in [4.69, 9.17) is 0 Å². The zero-order chi connectivity index (χ0) is 11.7. The van der Waals surface area contributed by atoms with Crippen molar-refractivity contribution in [3.63, 3.8) is 0 Å². The van der Waals surface area contributed by atoms with Crippen molar-refractivity contribution in [2.24, 2.45) is 0 Å². The van der Waals surface area contributed by atoms with E-state index in [2.05, 4.69) is 25.2 Å². The quantitative estimate of drug-likeness (QED) is 0.746. The molecular weight excluding hydrogens is 202 g/mol. The average molecular weight is 217 g/mol. The summed E-state index contributed by atoms with van der Waals surface area (Å²) in [6.07, 6.45) is 1.98. The molecule has 0 saturated heterocycles. The van der Waals surface area contributed by atoms with Gasteiger partial charge in [-0.15, -0.1) is 0 Å². The summed E-state index contributed by atoms with van der Waals surface area (Å²) in [7, 11) is 0. The fourth-order valence-corrected chi connectivity index (χ4v) is 1.74. The predicted molar refractivity (Wildman–Crippen MR) is 63.2 cm³/mol. The third-order valence-electron chi connectivity index (χ3n) is 2.66. The predicted octanol–water partition coefficient (Wildman–Crippen LogP) is 2.18. The van der Waals surface area contributed by atoms with Crippen LogP contribution in [0.5, 0.6) is 0 Å². The average Bonchev–Trinajstić information content (AvgIpc) is 2.52. The molecule has 1 heterocycles. The van der Waals surface area contributed by atoms with Gasteiger partial charge in [0.15, 0.2) is 6.10 Å². The summed E-state index contributed by atoms with van der Waals surface area (Å²) in [6.45, 7) is 4.11. The van der Waals surface area contributed by atoms with Gasteiger partial charge in [0.05, 0.1) is 0 Å². The molecule has 84 valence electrons. The van der Waals surface area contributed by atoms with E-state index >= 15 is 0 Å². The van der Waals surface area contributed by atoms with Crippen LogP contribution < -0.4 is 5.32 Å². The first-order valence-electron chi connectivity index (χ1n) is 5.33. The molecule has 0 spiro atoms. The highest BCUT2D eigenvalue weighted by Crippen LogP contribution is 2.31. The van der Waals surface area contributed by atoms with Gasteiger partial charge in [0, 0.05) is 11.3 Å². The topological polar surface area (TPSA) is 49.3 Å². The maximum absolute atomic E-state index is 11.2. The molecule has 2 N–H and O–H groups in total. The van der Waals surface area contributed by atoms with Crippen LogP contribution in [-0.4, -0.2) is 11.0 Å². The van der Waals surface area contributed by atoms with Crippen molar-refractivity contribution in [2.75, 3.05) is 5.32 Å². The Balaban J connectivity index is 2.25. The molecule has 2 rings (SSSR count). The lowest BCUT2D eigenvalue weighted by atomic mass is 10.0. The number of anilines is 1. The highest BCUT2D eigenvalue weighted by molar-refractivity contribution is 6.01. The lowest BCUT2D eigenvalue weighted by Gasteiger charge is -2.03. The number of allylic oxidation sites excluding steroid dienone is 2. The van der Waals surface area contributed by atoms with Crippen LogP contribution in [0.3, 0.4) is 0 Å². The van der Waals surface area contributed by atoms with Crippen LogP contribution in [0, 0.1) is 0 Å². The second-order valence-corrected chi connectivity index (χ2v) is 4.30. The Morgan fingerprint density at radius 1 is 1.50 bits per heavy atom. The molecule has 1 atom stereocenters. The Kier molecular flexibility index (Phi) is 2.79. The Labute approximate surface area is 94.8 Å². The smallest absolute Gasteiger partial charge is 0.257 e. The van der Waals surface area contributed by atoms with Gasteiger partial charge >= 0.3 is 0 Å². The maximum Gasteiger partial charge on any atom is 0.257 e. The van der Waals surface area contributed by atoms with Gasteiger partial charge in [-0.3, -0.25) is 4.79 Å². The van der Waals surface area contributed by atoms with Crippen molar-refractivity contribution in [3.8, 4) is 0 Å². The molecule has 3 nitrogen and oxygen atoms in total. The lowest BCUT2D eigenvalue weighted by molar-refractivity contribution is -0.123. The molecule has 0 fully saturated rings. The van der Waals surface area contributed by atoms with Crippen molar-refractivity contribution in [2.45, 2.75) is 26.4 Å². The number of hydrogen-bond acceptors (Lipinski definition) is 2. The van der Waals surface area contributed by atoms with Gasteiger partial charge in [-0.05, 0) is 31.9 Å². The van der Waals surface area contributed by atoms with Gasteiger partial charge in [-0.2, -0.15) is 0 Å². The molecule has 0 saturated carbocycles. The second kappa shape index (κ2) is 4.10. The molecule has 1 aliphatic heterocycles. The number of rotatable bonds is 2. The van der Waals surface area contributed by atoms with Crippen molar-refractivity contribution in [1.29, 1.82) is 0 Å². The van der Waals surface area contributed by atoms with Gasteiger partial charge < -0.3 is 10.4 Å². The number of fused-ring (bicyclic) bond motifs is 1. The first-order valence-corrected chi connectivity index (χ1v) is 5.33. The highest BCUT2D eigenvalue weighted by Gasteiger charge is 2.27. The van der Waals surface area contributed by atoms with Crippen LogP contribution in [0.1, 0.15) is 31.1 Å². The van der Waals surface area contributed by atoms with Crippen molar-refractivity contribution < 1.29 is 9.90 Å². The van der Waals surface area contributed by atoms with E-state index < -0.39 is 6.10 Å². The van der Waals surface area contributed by atoms with Gasteiger partial charge in [-0.1, -0.05) is 23.8 Å². The molecule has 1 aliphatic rings. The number of carbonyl (C=O) groups excluding carboxylic acids is 1. The zero-order valence-corrected chi connectivity index (χ0v) is 9.45. The van der Waals surface area contributed by atoms with E-state index in [1.165, 1.54) is 5.57 Å². The van der Waals surface area contributed by atoms with Crippen molar-refractivity contribution in [3.05, 3.63) is 41.0 Å². The second-order valence-electron chi connectivity index (χ2n) is 4.30. The highest BCUT2D eigenvalue weighted by atomic mass is 16.3. The fourth-order valence-electron chi connectivity index (χ4n) is 1.74. The van der Waals surface area contributed by atoms with Gasteiger partial charge in [0.1, 0.15) is 0 Å². The van der Waals surface area contributed by atoms with E-state index in [1.54, 1.807) is 0 Å².